The van der Waals surface area contributed by atoms with Crippen LogP contribution in [0.3, 0.4) is 0 Å². The first-order valence-corrected chi connectivity index (χ1v) is 9.15. The van der Waals surface area contributed by atoms with E-state index in [0.29, 0.717) is 22.4 Å². The van der Waals surface area contributed by atoms with Gasteiger partial charge in [0.1, 0.15) is 5.75 Å². The van der Waals surface area contributed by atoms with Gasteiger partial charge in [0.25, 0.3) is 5.91 Å². The first kappa shape index (κ1) is 18.5. The molecule has 0 aliphatic heterocycles. The molecule has 0 saturated heterocycles. The second-order valence-electron chi connectivity index (χ2n) is 5.51. The lowest BCUT2D eigenvalue weighted by molar-refractivity contribution is 0.100. The average molecular weight is 361 g/mol. The molecule has 7 nitrogen and oxygen atoms in total. The van der Waals surface area contributed by atoms with Crippen LogP contribution in [-0.2, 0) is 9.84 Å². The van der Waals surface area contributed by atoms with Crippen LogP contribution in [0.25, 0.3) is 11.1 Å². The molecule has 25 heavy (non-hydrogen) atoms. The normalized spacial score (nSPS) is 11.0. The Hall–Kier alpha value is -2.87. The molecule has 0 saturated carbocycles. The number of guanidine groups is 1. The minimum absolute atomic E-state index is 0.0254. The summed E-state index contributed by atoms with van der Waals surface area (Å²) in [4.78, 5) is 15.6. The highest BCUT2D eigenvalue weighted by molar-refractivity contribution is 7.90. The number of methoxy groups -OCH3 is 1. The second-order valence-corrected chi connectivity index (χ2v) is 7.49. The van der Waals surface area contributed by atoms with Crippen LogP contribution in [0.2, 0.25) is 0 Å². The zero-order valence-electron chi connectivity index (χ0n) is 14.1. The van der Waals surface area contributed by atoms with E-state index in [4.69, 9.17) is 16.2 Å². The highest BCUT2D eigenvalue weighted by Crippen LogP contribution is 2.31. The standard InChI is InChI=1S/C17H19N3O4S/c1-10-8-14(11-4-6-12(24-2)7-5-11)15(25(3,22)23)9-13(10)16(21)20-17(18)19/h4-9H,1-3H3,(H4,18,19,20,21). The van der Waals surface area contributed by atoms with Crippen molar-refractivity contribution >= 4 is 21.7 Å². The summed E-state index contributed by atoms with van der Waals surface area (Å²) in [6, 6.07) is 9.90. The van der Waals surface area contributed by atoms with Crippen LogP contribution in [0.4, 0.5) is 0 Å². The molecule has 132 valence electrons. The van der Waals surface area contributed by atoms with E-state index in [9.17, 15) is 13.2 Å². The van der Waals surface area contributed by atoms with Crippen LogP contribution in [0.5, 0.6) is 5.75 Å². The SMILES string of the molecule is COc1ccc(-c2cc(C)c(C(=O)N=C(N)N)cc2S(C)(=O)=O)cc1. The van der Waals surface area contributed by atoms with Gasteiger partial charge in [-0.2, -0.15) is 4.99 Å². The summed E-state index contributed by atoms with van der Waals surface area (Å²) < 4.78 is 29.6. The molecule has 4 N–H and O–H groups in total. The molecule has 2 rings (SSSR count). The number of amides is 1. The Morgan fingerprint density at radius 3 is 2.20 bits per heavy atom. The summed E-state index contributed by atoms with van der Waals surface area (Å²) in [6.07, 6.45) is 1.08. The van der Waals surface area contributed by atoms with Crippen molar-refractivity contribution < 1.29 is 17.9 Å². The largest absolute Gasteiger partial charge is 0.497 e. The predicted molar refractivity (Wildman–Crippen MR) is 96.4 cm³/mol. The summed E-state index contributed by atoms with van der Waals surface area (Å²) >= 11 is 0. The third kappa shape index (κ3) is 4.16. The quantitative estimate of drug-likeness (QED) is 0.628. The number of sulfone groups is 1. The number of rotatable bonds is 4. The molecule has 0 aliphatic carbocycles. The zero-order valence-corrected chi connectivity index (χ0v) is 14.9. The minimum atomic E-state index is -3.59. The van der Waals surface area contributed by atoms with E-state index in [0.717, 1.165) is 6.26 Å². The smallest absolute Gasteiger partial charge is 0.280 e. The van der Waals surface area contributed by atoms with Gasteiger partial charge in [0.2, 0.25) is 0 Å². The molecule has 0 unspecified atom stereocenters. The maximum Gasteiger partial charge on any atom is 0.280 e. The third-order valence-electron chi connectivity index (χ3n) is 3.59. The zero-order chi connectivity index (χ0) is 18.8. The van der Waals surface area contributed by atoms with Gasteiger partial charge < -0.3 is 16.2 Å². The van der Waals surface area contributed by atoms with Gasteiger partial charge in [0, 0.05) is 17.4 Å². The molecule has 0 radical (unpaired) electrons. The Balaban J connectivity index is 2.70. The molecule has 0 aromatic heterocycles. The number of hydrogen-bond donors (Lipinski definition) is 2. The number of nitrogens with zero attached hydrogens (tertiary/aromatic N) is 1. The first-order valence-electron chi connectivity index (χ1n) is 7.26. The summed E-state index contributed by atoms with van der Waals surface area (Å²) in [5.41, 5.74) is 12.3. The van der Waals surface area contributed by atoms with Gasteiger partial charge in [-0.3, -0.25) is 4.79 Å². The molecule has 0 fully saturated rings. The van der Waals surface area contributed by atoms with Crippen molar-refractivity contribution in [2.24, 2.45) is 16.5 Å². The van der Waals surface area contributed by atoms with Crippen LogP contribution in [0, 0.1) is 6.92 Å². The van der Waals surface area contributed by atoms with Gasteiger partial charge in [-0.25, -0.2) is 8.42 Å². The van der Waals surface area contributed by atoms with E-state index in [2.05, 4.69) is 4.99 Å². The van der Waals surface area contributed by atoms with E-state index in [1.54, 1.807) is 44.4 Å². The fraction of sp³-hybridized carbons (Fsp3) is 0.176. The summed E-state index contributed by atoms with van der Waals surface area (Å²) in [5, 5.41) is 0. The van der Waals surface area contributed by atoms with E-state index in [1.165, 1.54) is 6.07 Å². The fourth-order valence-corrected chi connectivity index (χ4v) is 3.31. The Bertz CT molecular complexity index is 945. The number of aliphatic imine (C=N–C) groups is 1. The molecule has 2 aromatic rings. The number of carbonyl (C=O) groups excluding carboxylic acids is 1. The van der Waals surface area contributed by atoms with Crippen LogP contribution in [0.15, 0.2) is 46.3 Å². The van der Waals surface area contributed by atoms with Gasteiger partial charge in [-0.1, -0.05) is 12.1 Å². The van der Waals surface area contributed by atoms with Crippen LogP contribution in [-0.4, -0.2) is 33.7 Å². The van der Waals surface area contributed by atoms with Gasteiger partial charge in [0.05, 0.1) is 12.0 Å². The van der Waals surface area contributed by atoms with E-state index < -0.39 is 15.7 Å². The van der Waals surface area contributed by atoms with Crippen molar-refractivity contribution in [2.75, 3.05) is 13.4 Å². The molecule has 8 heteroatoms. The number of carbonyl (C=O) groups is 1. The van der Waals surface area contributed by atoms with E-state index in [-0.39, 0.29) is 16.4 Å². The Morgan fingerprint density at radius 1 is 1.12 bits per heavy atom. The van der Waals surface area contributed by atoms with Crippen molar-refractivity contribution in [3.05, 3.63) is 47.5 Å². The number of nitrogens with two attached hydrogens (primary N) is 2. The Labute approximate surface area is 146 Å². The number of hydrogen-bond acceptors (Lipinski definition) is 4. The summed E-state index contributed by atoms with van der Waals surface area (Å²) in [5.74, 6) is -0.422. The molecular weight excluding hydrogens is 342 g/mol. The molecule has 2 aromatic carbocycles. The molecule has 0 atom stereocenters. The van der Waals surface area contributed by atoms with Crippen LogP contribution in [0.1, 0.15) is 15.9 Å². The molecule has 0 bridgehead atoms. The molecule has 0 aliphatic rings. The molecular formula is C17H19N3O4S. The van der Waals surface area contributed by atoms with Crippen molar-refractivity contribution in [3.8, 4) is 16.9 Å². The summed E-state index contributed by atoms with van der Waals surface area (Å²) in [7, 11) is -2.05. The number of aryl methyl sites for hydroxylation is 1. The lowest BCUT2D eigenvalue weighted by Gasteiger charge is -2.13. The summed E-state index contributed by atoms with van der Waals surface area (Å²) in [6.45, 7) is 1.69. The number of ether oxygens (including phenoxy) is 1. The van der Waals surface area contributed by atoms with Gasteiger partial charge in [-0.05, 0) is 42.3 Å². The second kappa shape index (κ2) is 6.94. The topological polar surface area (TPSA) is 125 Å². The minimum Gasteiger partial charge on any atom is -0.497 e. The Morgan fingerprint density at radius 2 is 1.72 bits per heavy atom. The maximum atomic E-state index is 12.2. The first-order chi connectivity index (χ1) is 11.6. The Kier molecular flexibility index (Phi) is 5.13. The van der Waals surface area contributed by atoms with Gasteiger partial charge in [0.15, 0.2) is 15.8 Å². The highest BCUT2D eigenvalue weighted by Gasteiger charge is 2.20. The lowest BCUT2D eigenvalue weighted by atomic mass is 9.99. The fourth-order valence-electron chi connectivity index (χ4n) is 2.40. The number of benzene rings is 2. The lowest BCUT2D eigenvalue weighted by Crippen LogP contribution is -2.24. The van der Waals surface area contributed by atoms with Crippen molar-refractivity contribution in [3.63, 3.8) is 0 Å². The predicted octanol–water partition coefficient (Wildman–Crippen LogP) is 1.49. The van der Waals surface area contributed by atoms with E-state index >= 15 is 0 Å². The maximum absolute atomic E-state index is 12.2. The average Bonchev–Trinajstić information content (AvgIpc) is 2.52. The van der Waals surface area contributed by atoms with Crippen molar-refractivity contribution in [1.82, 2.24) is 0 Å². The molecule has 1 amide bonds. The van der Waals surface area contributed by atoms with Gasteiger partial charge >= 0.3 is 0 Å². The third-order valence-corrected chi connectivity index (χ3v) is 4.72. The van der Waals surface area contributed by atoms with Gasteiger partial charge in [-0.15, -0.1) is 0 Å². The monoisotopic (exact) mass is 361 g/mol. The highest BCUT2D eigenvalue weighted by atomic mass is 32.2. The molecule has 0 spiro atoms. The van der Waals surface area contributed by atoms with E-state index in [1.807, 2.05) is 0 Å². The van der Waals surface area contributed by atoms with Crippen LogP contribution < -0.4 is 16.2 Å². The van der Waals surface area contributed by atoms with Crippen LogP contribution >= 0.6 is 0 Å². The van der Waals surface area contributed by atoms with Crippen molar-refractivity contribution in [1.29, 1.82) is 0 Å². The molecule has 0 heterocycles. The van der Waals surface area contributed by atoms with Crippen molar-refractivity contribution in [2.45, 2.75) is 11.8 Å².